The van der Waals surface area contributed by atoms with Crippen LogP contribution in [0.4, 0.5) is 0 Å². The molecule has 2 aromatic rings. The number of nitrogens with one attached hydrogen (secondary N) is 1. The maximum atomic E-state index is 5.83. The third kappa shape index (κ3) is 4.55. The average Bonchev–Trinajstić information content (AvgIpc) is 2.91. The molecular weight excluding hydrogens is 404 g/mol. The molecule has 0 saturated heterocycles. The summed E-state index contributed by atoms with van der Waals surface area (Å²) in [5.41, 5.74) is 1.22. The van der Waals surface area contributed by atoms with Crippen molar-refractivity contribution < 1.29 is 4.74 Å². The molecule has 0 unspecified atom stereocenters. The maximum Gasteiger partial charge on any atom is 0.148 e. The minimum Gasteiger partial charge on any atom is -0.484 e. The Kier molecular flexibility index (Phi) is 6.48. The first-order chi connectivity index (χ1) is 9.70. The van der Waals surface area contributed by atoms with Gasteiger partial charge in [-0.15, -0.1) is 11.3 Å². The second-order valence-electron chi connectivity index (χ2n) is 4.28. The van der Waals surface area contributed by atoms with Crippen LogP contribution in [0.5, 0.6) is 5.75 Å². The number of hydrogen-bond donors (Lipinski definition) is 1. The van der Waals surface area contributed by atoms with Gasteiger partial charge in [-0.25, -0.2) is 4.98 Å². The highest BCUT2D eigenvalue weighted by Crippen LogP contribution is 2.35. The van der Waals surface area contributed by atoms with E-state index in [-0.39, 0.29) is 0 Å². The number of benzene rings is 1. The molecule has 0 fully saturated rings. The molecule has 0 saturated carbocycles. The van der Waals surface area contributed by atoms with Gasteiger partial charge >= 0.3 is 0 Å². The molecule has 0 bridgehead atoms. The summed E-state index contributed by atoms with van der Waals surface area (Å²) in [6, 6.07) is 4.18. The van der Waals surface area contributed by atoms with Crippen LogP contribution in [-0.4, -0.2) is 11.5 Å². The van der Waals surface area contributed by atoms with Crippen molar-refractivity contribution in [1.82, 2.24) is 10.3 Å². The van der Waals surface area contributed by atoms with E-state index >= 15 is 0 Å². The highest BCUT2D eigenvalue weighted by Gasteiger charge is 2.10. The highest BCUT2D eigenvalue weighted by atomic mass is 79.9. The normalized spacial score (nSPS) is 10.8. The fraction of sp³-hybridized carbons (Fsp3) is 0.357. The Balaban J connectivity index is 2.02. The molecule has 108 valence electrons. The average molecular weight is 420 g/mol. The van der Waals surface area contributed by atoms with E-state index < -0.39 is 0 Å². The predicted octanol–water partition coefficient (Wildman–Crippen LogP) is 4.75. The summed E-state index contributed by atoms with van der Waals surface area (Å²) < 4.78 is 7.74. The van der Waals surface area contributed by atoms with E-state index in [1.165, 1.54) is 5.56 Å². The van der Waals surface area contributed by atoms with Crippen LogP contribution < -0.4 is 10.1 Å². The van der Waals surface area contributed by atoms with Crippen molar-refractivity contribution in [3.8, 4) is 5.75 Å². The van der Waals surface area contributed by atoms with Gasteiger partial charge in [0.05, 0.1) is 8.95 Å². The lowest BCUT2D eigenvalue weighted by Crippen LogP contribution is -2.13. The smallest absolute Gasteiger partial charge is 0.148 e. The topological polar surface area (TPSA) is 34.1 Å². The first-order valence-corrected chi connectivity index (χ1v) is 8.87. The lowest BCUT2D eigenvalue weighted by atomic mass is 10.2. The summed E-state index contributed by atoms with van der Waals surface area (Å²) in [6.07, 6.45) is 2.92. The Labute approximate surface area is 140 Å². The Morgan fingerprint density at radius 3 is 2.65 bits per heavy atom. The summed E-state index contributed by atoms with van der Waals surface area (Å²) in [5, 5.41) is 6.31. The number of hydrogen-bond acceptors (Lipinski definition) is 4. The number of rotatable bonds is 7. The van der Waals surface area contributed by atoms with Crippen molar-refractivity contribution in [1.29, 1.82) is 0 Å². The molecule has 1 heterocycles. The van der Waals surface area contributed by atoms with Gasteiger partial charge in [-0.05, 0) is 62.5 Å². The minimum atomic E-state index is 0.488. The summed E-state index contributed by atoms with van der Waals surface area (Å²) in [7, 11) is 0. The zero-order valence-electron chi connectivity index (χ0n) is 11.2. The van der Waals surface area contributed by atoms with Gasteiger partial charge in [0.15, 0.2) is 0 Å². The van der Waals surface area contributed by atoms with E-state index in [0.717, 1.165) is 39.2 Å². The molecule has 0 aliphatic rings. The van der Waals surface area contributed by atoms with Crippen molar-refractivity contribution in [3.05, 3.63) is 43.2 Å². The monoisotopic (exact) mass is 418 g/mol. The quantitative estimate of drug-likeness (QED) is 0.657. The molecule has 20 heavy (non-hydrogen) atoms. The van der Waals surface area contributed by atoms with Crippen LogP contribution >= 0.6 is 43.2 Å². The zero-order chi connectivity index (χ0) is 14.4. The van der Waals surface area contributed by atoms with Gasteiger partial charge in [-0.1, -0.05) is 6.92 Å². The Bertz CT molecular complexity index is 523. The van der Waals surface area contributed by atoms with E-state index in [4.69, 9.17) is 4.74 Å². The first-order valence-electron chi connectivity index (χ1n) is 6.40. The number of ether oxygens (including phenoxy) is 1. The van der Waals surface area contributed by atoms with Crippen molar-refractivity contribution in [2.75, 3.05) is 6.54 Å². The highest BCUT2D eigenvalue weighted by molar-refractivity contribution is 9.11. The fourth-order valence-corrected chi connectivity index (χ4v) is 3.76. The molecule has 0 atom stereocenters. The third-order valence-corrected chi connectivity index (χ3v) is 4.57. The molecule has 0 aliphatic heterocycles. The van der Waals surface area contributed by atoms with Gasteiger partial charge in [-0.3, -0.25) is 0 Å². The van der Waals surface area contributed by atoms with Crippen LogP contribution in [-0.2, 0) is 13.2 Å². The first kappa shape index (κ1) is 15.9. The van der Waals surface area contributed by atoms with Crippen molar-refractivity contribution >= 4 is 43.2 Å². The molecule has 1 aromatic carbocycles. The molecule has 2 rings (SSSR count). The number of nitrogens with zero attached hydrogens (tertiary/aromatic N) is 1. The third-order valence-electron chi connectivity index (χ3n) is 2.64. The fourth-order valence-electron chi connectivity index (χ4n) is 1.72. The van der Waals surface area contributed by atoms with Crippen LogP contribution in [0.15, 0.2) is 32.7 Å². The number of aromatic nitrogens is 1. The van der Waals surface area contributed by atoms with E-state index in [0.29, 0.717) is 6.61 Å². The summed E-state index contributed by atoms with van der Waals surface area (Å²) in [4.78, 5) is 4.21. The standard InChI is InChI=1S/C14H16Br2N2OS/c1-2-3-17-8-10-6-11(15)14(12(16)7-10)19-9-13-18-4-5-20-13/h4-7,17H,2-3,8-9H2,1H3. The SMILES string of the molecule is CCCNCc1cc(Br)c(OCc2nccs2)c(Br)c1. The Morgan fingerprint density at radius 2 is 2.05 bits per heavy atom. The molecule has 0 radical (unpaired) electrons. The second-order valence-corrected chi connectivity index (χ2v) is 6.97. The predicted molar refractivity (Wildman–Crippen MR) is 90.3 cm³/mol. The van der Waals surface area contributed by atoms with E-state index in [1.807, 2.05) is 5.38 Å². The molecule has 0 aliphatic carbocycles. The Morgan fingerprint density at radius 1 is 1.30 bits per heavy atom. The molecule has 0 amide bonds. The lowest BCUT2D eigenvalue weighted by molar-refractivity contribution is 0.301. The Hall–Kier alpha value is -0.430. The van der Waals surface area contributed by atoms with Crippen LogP contribution in [0.2, 0.25) is 0 Å². The van der Waals surface area contributed by atoms with E-state index in [1.54, 1.807) is 17.5 Å². The molecule has 3 nitrogen and oxygen atoms in total. The van der Waals surface area contributed by atoms with Crippen LogP contribution in [0.3, 0.4) is 0 Å². The minimum absolute atomic E-state index is 0.488. The van der Waals surface area contributed by atoms with Crippen molar-refractivity contribution in [2.45, 2.75) is 26.5 Å². The number of halogens is 2. The van der Waals surface area contributed by atoms with Crippen LogP contribution in [0, 0.1) is 0 Å². The molecular formula is C14H16Br2N2OS. The second kappa shape index (κ2) is 8.12. The lowest BCUT2D eigenvalue weighted by Gasteiger charge is -2.12. The zero-order valence-corrected chi connectivity index (χ0v) is 15.1. The van der Waals surface area contributed by atoms with Crippen molar-refractivity contribution in [3.63, 3.8) is 0 Å². The maximum absolute atomic E-state index is 5.83. The van der Waals surface area contributed by atoms with Gasteiger partial charge in [0.1, 0.15) is 17.4 Å². The summed E-state index contributed by atoms with van der Waals surface area (Å²) in [5.74, 6) is 0.819. The summed E-state index contributed by atoms with van der Waals surface area (Å²) in [6.45, 7) is 4.53. The molecule has 0 spiro atoms. The van der Waals surface area contributed by atoms with E-state index in [9.17, 15) is 0 Å². The van der Waals surface area contributed by atoms with Gasteiger partial charge in [0.2, 0.25) is 0 Å². The molecule has 1 aromatic heterocycles. The summed E-state index contributed by atoms with van der Waals surface area (Å²) >= 11 is 8.74. The van der Waals surface area contributed by atoms with Crippen molar-refractivity contribution in [2.24, 2.45) is 0 Å². The van der Waals surface area contributed by atoms with Gasteiger partial charge in [0, 0.05) is 18.1 Å². The number of thiazole rings is 1. The molecule has 1 N–H and O–H groups in total. The van der Waals surface area contributed by atoms with Crippen LogP contribution in [0.25, 0.3) is 0 Å². The molecule has 6 heteroatoms. The van der Waals surface area contributed by atoms with E-state index in [2.05, 4.69) is 61.2 Å². The largest absolute Gasteiger partial charge is 0.484 e. The van der Waals surface area contributed by atoms with Gasteiger partial charge < -0.3 is 10.1 Å². The van der Waals surface area contributed by atoms with Gasteiger partial charge in [-0.2, -0.15) is 0 Å². The van der Waals surface area contributed by atoms with Crippen LogP contribution in [0.1, 0.15) is 23.9 Å². The van der Waals surface area contributed by atoms with Gasteiger partial charge in [0.25, 0.3) is 0 Å².